The van der Waals surface area contributed by atoms with Crippen LogP contribution in [0.25, 0.3) is 0 Å². The van der Waals surface area contributed by atoms with Crippen LogP contribution in [-0.2, 0) is 14.8 Å². The highest BCUT2D eigenvalue weighted by atomic mass is 32.2. The predicted octanol–water partition coefficient (Wildman–Crippen LogP) is 2.10. The molecule has 0 radical (unpaired) electrons. The number of aromatic nitrogens is 1. The summed E-state index contributed by atoms with van der Waals surface area (Å²) in [6.45, 7) is 0.326. The molecule has 1 N–H and O–H groups in total. The Bertz CT molecular complexity index is 634. The molecule has 0 atom stereocenters. The first-order valence-corrected chi connectivity index (χ1v) is 9.10. The highest BCUT2D eigenvalue weighted by Gasteiger charge is 2.26. The molecule has 1 aromatic heterocycles. The summed E-state index contributed by atoms with van der Waals surface area (Å²) in [6.07, 6.45) is 7.37. The highest BCUT2D eigenvalue weighted by Crippen LogP contribution is 2.22. The molecular weight excluding hydrogens is 312 g/mol. The molecule has 1 heterocycles. The van der Waals surface area contributed by atoms with Crippen molar-refractivity contribution in [2.24, 2.45) is 0 Å². The fourth-order valence-electron chi connectivity index (χ4n) is 2.20. The van der Waals surface area contributed by atoms with E-state index in [-0.39, 0.29) is 9.90 Å². The molecule has 0 saturated heterocycles. The van der Waals surface area contributed by atoms with Crippen LogP contribution in [0, 0.1) is 0 Å². The number of thiazole rings is 1. The van der Waals surface area contributed by atoms with Crippen molar-refractivity contribution in [1.29, 1.82) is 0 Å². The number of nitrogens with one attached hydrogen (secondary N) is 1. The molecule has 0 aliphatic heterocycles. The van der Waals surface area contributed by atoms with Gasteiger partial charge >= 0.3 is 5.97 Å². The van der Waals surface area contributed by atoms with Crippen molar-refractivity contribution in [3.8, 4) is 0 Å². The summed E-state index contributed by atoms with van der Waals surface area (Å²) in [4.78, 5) is 15.2. The average molecular weight is 330 g/mol. The Morgan fingerprint density at radius 3 is 2.95 bits per heavy atom. The van der Waals surface area contributed by atoms with Gasteiger partial charge in [-0.3, -0.25) is 0 Å². The Hall–Kier alpha value is -1.25. The van der Waals surface area contributed by atoms with Crippen LogP contribution in [0.2, 0.25) is 0 Å². The second kappa shape index (κ2) is 7.15. The third-order valence-corrected chi connectivity index (χ3v) is 6.11. The van der Waals surface area contributed by atoms with Crippen LogP contribution >= 0.6 is 11.3 Å². The average Bonchev–Trinajstić information content (AvgIpc) is 2.98. The summed E-state index contributed by atoms with van der Waals surface area (Å²) in [5.74, 6) is -0.744. The van der Waals surface area contributed by atoms with Crippen molar-refractivity contribution in [3.63, 3.8) is 0 Å². The van der Waals surface area contributed by atoms with E-state index >= 15 is 0 Å². The maximum Gasteiger partial charge on any atom is 0.358 e. The lowest BCUT2D eigenvalue weighted by Gasteiger charge is -2.12. The standard InChI is InChI=1S/C13H18N2O4S2/c1-19-12(16)11-13(20-9-14-11)21(17,18)15-8-7-10-5-3-2-4-6-10/h5,9,15H,2-4,6-8H2,1H3. The van der Waals surface area contributed by atoms with Gasteiger partial charge in [-0.05, 0) is 32.1 Å². The van der Waals surface area contributed by atoms with Crippen LogP contribution in [0.1, 0.15) is 42.6 Å². The first-order valence-electron chi connectivity index (χ1n) is 6.74. The fourth-order valence-corrected chi connectivity index (χ4v) is 4.41. The number of sulfonamides is 1. The predicted molar refractivity (Wildman–Crippen MR) is 79.8 cm³/mol. The van der Waals surface area contributed by atoms with E-state index in [9.17, 15) is 13.2 Å². The molecule has 1 aliphatic carbocycles. The lowest BCUT2D eigenvalue weighted by atomic mass is 9.97. The molecule has 1 aromatic rings. The Morgan fingerprint density at radius 2 is 2.29 bits per heavy atom. The van der Waals surface area contributed by atoms with Gasteiger partial charge in [0.25, 0.3) is 10.0 Å². The lowest BCUT2D eigenvalue weighted by Crippen LogP contribution is -2.26. The number of allylic oxidation sites excluding steroid dienone is 1. The SMILES string of the molecule is COC(=O)c1ncsc1S(=O)(=O)NCCC1=CCCCC1. The van der Waals surface area contributed by atoms with E-state index in [2.05, 4.69) is 20.5 Å². The summed E-state index contributed by atoms with van der Waals surface area (Å²) < 4.78 is 31.4. The van der Waals surface area contributed by atoms with E-state index in [1.54, 1.807) is 0 Å². The van der Waals surface area contributed by atoms with Crippen molar-refractivity contribution in [1.82, 2.24) is 9.71 Å². The number of rotatable bonds is 6. The third kappa shape index (κ3) is 4.12. The molecule has 116 valence electrons. The zero-order valence-electron chi connectivity index (χ0n) is 11.8. The molecule has 6 nitrogen and oxygen atoms in total. The second-order valence-corrected chi connectivity index (χ2v) is 7.55. The Morgan fingerprint density at radius 1 is 1.48 bits per heavy atom. The van der Waals surface area contributed by atoms with Crippen molar-refractivity contribution < 1.29 is 17.9 Å². The summed E-state index contributed by atoms with van der Waals surface area (Å²) in [5.41, 5.74) is 2.46. The van der Waals surface area contributed by atoms with Crippen molar-refractivity contribution in [3.05, 3.63) is 22.9 Å². The van der Waals surface area contributed by atoms with E-state index in [1.807, 2.05) is 0 Å². The lowest BCUT2D eigenvalue weighted by molar-refractivity contribution is 0.0590. The van der Waals surface area contributed by atoms with Crippen LogP contribution in [0.5, 0.6) is 0 Å². The summed E-state index contributed by atoms with van der Waals surface area (Å²) in [6, 6.07) is 0. The van der Waals surface area contributed by atoms with E-state index in [0.717, 1.165) is 24.2 Å². The van der Waals surface area contributed by atoms with Crippen molar-refractivity contribution in [2.45, 2.75) is 36.3 Å². The minimum Gasteiger partial charge on any atom is -0.464 e. The monoisotopic (exact) mass is 330 g/mol. The van der Waals surface area contributed by atoms with Crippen LogP contribution in [0.4, 0.5) is 0 Å². The molecule has 0 fully saturated rings. The van der Waals surface area contributed by atoms with Gasteiger partial charge in [-0.25, -0.2) is 22.9 Å². The molecule has 1 aliphatic rings. The fraction of sp³-hybridized carbons (Fsp3) is 0.538. The van der Waals surface area contributed by atoms with E-state index in [4.69, 9.17) is 0 Å². The van der Waals surface area contributed by atoms with Gasteiger partial charge in [0.2, 0.25) is 0 Å². The Balaban J connectivity index is 2.00. The molecule has 0 spiro atoms. The quantitative estimate of drug-likeness (QED) is 0.638. The zero-order chi connectivity index (χ0) is 15.3. The number of methoxy groups -OCH3 is 1. The van der Waals surface area contributed by atoms with E-state index in [1.165, 1.54) is 31.0 Å². The van der Waals surface area contributed by atoms with Gasteiger partial charge in [-0.1, -0.05) is 11.6 Å². The number of hydrogen-bond acceptors (Lipinski definition) is 6. The molecule has 2 rings (SSSR count). The number of hydrogen-bond donors (Lipinski definition) is 1. The highest BCUT2D eigenvalue weighted by molar-refractivity contribution is 7.91. The maximum atomic E-state index is 12.2. The summed E-state index contributed by atoms with van der Waals surface area (Å²) >= 11 is 0.909. The van der Waals surface area contributed by atoms with Crippen LogP contribution in [0.15, 0.2) is 21.4 Å². The molecule has 0 unspecified atom stereocenters. The van der Waals surface area contributed by atoms with E-state index < -0.39 is 16.0 Å². The van der Waals surface area contributed by atoms with Gasteiger partial charge in [0.1, 0.15) is 0 Å². The Kier molecular flexibility index (Phi) is 5.49. The minimum atomic E-state index is -3.73. The van der Waals surface area contributed by atoms with Crippen LogP contribution < -0.4 is 4.72 Å². The topological polar surface area (TPSA) is 85.4 Å². The first-order chi connectivity index (χ1) is 10.0. The van der Waals surface area contributed by atoms with Gasteiger partial charge in [0.15, 0.2) is 9.90 Å². The van der Waals surface area contributed by atoms with Gasteiger partial charge in [-0.15, -0.1) is 11.3 Å². The number of esters is 1. The largest absolute Gasteiger partial charge is 0.464 e. The smallest absolute Gasteiger partial charge is 0.358 e. The number of carbonyl (C=O) groups excluding carboxylic acids is 1. The van der Waals surface area contributed by atoms with Crippen molar-refractivity contribution >= 4 is 27.3 Å². The van der Waals surface area contributed by atoms with Gasteiger partial charge in [0.05, 0.1) is 12.6 Å². The first kappa shape index (κ1) is 16.1. The zero-order valence-corrected chi connectivity index (χ0v) is 13.4. The normalized spacial score (nSPS) is 15.6. The molecule has 21 heavy (non-hydrogen) atoms. The molecule has 0 amide bonds. The molecule has 0 saturated carbocycles. The number of carbonyl (C=O) groups is 1. The van der Waals surface area contributed by atoms with Gasteiger partial charge in [0, 0.05) is 6.54 Å². The third-order valence-electron chi connectivity index (χ3n) is 3.28. The summed E-state index contributed by atoms with van der Waals surface area (Å²) in [7, 11) is -2.53. The van der Waals surface area contributed by atoms with Crippen LogP contribution in [0.3, 0.4) is 0 Å². The van der Waals surface area contributed by atoms with E-state index in [0.29, 0.717) is 13.0 Å². The second-order valence-electron chi connectivity index (χ2n) is 4.74. The number of nitrogens with zero attached hydrogens (tertiary/aromatic N) is 1. The molecule has 0 aromatic carbocycles. The molecule has 8 heteroatoms. The van der Waals surface area contributed by atoms with Crippen LogP contribution in [-0.4, -0.2) is 33.0 Å². The van der Waals surface area contributed by atoms with Gasteiger partial charge < -0.3 is 4.74 Å². The maximum absolute atomic E-state index is 12.2. The minimum absolute atomic E-state index is 0.0908. The Labute approximate surface area is 128 Å². The summed E-state index contributed by atoms with van der Waals surface area (Å²) in [5, 5.41) is 0. The van der Waals surface area contributed by atoms with Crippen molar-refractivity contribution in [2.75, 3.05) is 13.7 Å². The number of ether oxygens (including phenoxy) is 1. The molecular formula is C13H18N2O4S2. The molecule has 0 bridgehead atoms. The van der Waals surface area contributed by atoms with Gasteiger partial charge in [-0.2, -0.15) is 0 Å².